The van der Waals surface area contributed by atoms with Crippen LogP contribution in [-0.4, -0.2) is 10.2 Å². The molecule has 0 saturated carbocycles. The first-order valence-corrected chi connectivity index (χ1v) is 8.43. The number of benzene rings is 1. The van der Waals surface area contributed by atoms with Gasteiger partial charge in [-0.2, -0.15) is 5.26 Å². The van der Waals surface area contributed by atoms with E-state index in [2.05, 4.69) is 16.3 Å². The molecule has 1 aliphatic heterocycles. The Bertz CT molecular complexity index is 1090. The number of furan rings is 1. The summed E-state index contributed by atoms with van der Waals surface area (Å²) in [5.41, 5.74) is 8.32. The Kier molecular flexibility index (Phi) is 3.91. The number of nitrogens with zero attached hydrogens (tertiary/aromatic N) is 2. The molecule has 1 atom stereocenters. The minimum Gasteiger partial charge on any atom is -0.460 e. The van der Waals surface area contributed by atoms with Crippen LogP contribution in [-0.2, 0) is 0 Å². The van der Waals surface area contributed by atoms with E-state index in [4.69, 9.17) is 38.1 Å². The van der Waals surface area contributed by atoms with Crippen molar-refractivity contribution in [2.45, 2.75) is 12.8 Å². The fourth-order valence-corrected chi connectivity index (χ4v) is 3.42. The average molecular weight is 387 g/mol. The Labute approximate surface area is 158 Å². The average Bonchev–Trinajstić information content (AvgIpc) is 3.24. The summed E-state index contributed by atoms with van der Waals surface area (Å²) in [6, 6.07) is 11.0. The molecule has 4 rings (SSSR count). The van der Waals surface area contributed by atoms with Gasteiger partial charge in [-0.3, -0.25) is 5.10 Å². The quantitative estimate of drug-likeness (QED) is 0.674. The van der Waals surface area contributed by atoms with E-state index in [1.54, 1.807) is 24.3 Å². The summed E-state index contributed by atoms with van der Waals surface area (Å²) in [4.78, 5) is 0. The number of aromatic amines is 1. The molecule has 0 fully saturated rings. The predicted octanol–water partition coefficient (Wildman–Crippen LogP) is 4.50. The summed E-state index contributed by atoms with van der Waals surface area (Å²) in [5, 5.41) is 17.3. The van der Waals surface area contributed by atoms with Crippen LogP contribution in [0.3, 0.4) is 0 Å². The number of H-pyrrole nitrogens is 1. The number of aryl methyl sites for hydroxylation is 1. The summed E-state index contributed by atoms with van der Waals surface area (Å²) in [5.74, 6) is 0.898. The van der Waals surface area contributed by atoms with Crippen molar-refractivity contribution in [3.63, 3.8) is 0 Å². The van der Waals surface area contributed by atoms with Crippen molar-refractivity contribution in [1.82, 2.24) is 10.2 Å². The van der Waals surface area contributed by atoms with E-state index >= 15 is 0 Å². The number of fused-ring (bicyclic) bond motifs is 1. The molecule has 0 amide bonds. The van der Waals surface area contributed by atoms with Gasteiger partial charge in [0.2, 0.25) is 11.8 Å². The molecule has 0 radical (unpaired) electrons. The van der Waals surface area contributed by atoms with Gasteiger partial charge in [0.15, 0.2) is 0 Å². The van der Waals surface area contributed by atoms with Gasteiger partial charge in [-0.05, 0) is 31.2 Å². The highest BCUT2D eigenvalue weighted by Crippen LogP contribution is 2.44. The second kappa shape index (κ2) is 6.13. The molecule has 1 aliphatic rings. The Hall–Kier alpha value is -2.88. The maximum absolute atomic E-state index is 9.57. The number of nitrogens with one attached hydrogen (secondary N) is 1. The monoisotopic (exact) mass is 386 g/mol. The zero-order valence-corrected chi connectivity index (χ0v) is 15.0. The zero-order chi connectivity index (χ0) is 18.4. The highest BCUT2D eigenvalue weighted by atomic mass is 35.5. The van der Waals surface area contributed by atoms with Gasteiger partial charge in [-0.15, -0.1) is 5.10 Å². The summed E-state index contributed by atoms with van der Waals surface area (Å²) < 4.78 is 11.5. The Morgan fingerprint density at radius 2 is 2.08 bits per heavy atom. The van der Waals surface area contributed by atoms with Gasteiger partial charge < -0.3 is 14.9 Å². The van der Waals surface area contributed by atoms with Gasteiger partial charge in [0.1, 0.15) is 23.2 Å². The minimum absolute atomic E-state index is 0.00948. The van der Waals surface area contributed by atoms with Crippen molar-refractivity contribution in [3.05, 3.63) is 68.9 Å². The van der Waals surface area contributed by atoms with Crippen molar-refractivity contribution in [2.75, 3.05) is 0 Å². The van der Waals surface area contributed by atoms with Crippen molar-refractivity contribution in [1.29, 1.82) is 5.26 Å². The number of aromatic nitrogens is 2. The lowest BCUT2D eigenvalue weighted by Crippen LogP contribution is -2.20. The molecular formula is C18H12Cl2N4O2. The molecule has 0 unspecified atom stereocenters. The Balaban J connectivity index is 1.86. The number of halogens is 2. The summed E-state index contributed by atoms with van der Waals surface area (Å²) >= 11 is 12.4. The van der Waals surface area contributed by atoms with E-state index < -0.39 is 5.92 Å². The molecule has 0 bridgehead atoms. The number of nitriles is 1. The van der Waals surface area contributed by atoms with Gasteiger partial charge in [0.05, 0.1) is 21.5 Å². The van der Waals surface area contributed by atoms with Crippen LogP contribution in [0.5, 0.6) is 5.88 Å². The number of ether oxygens (including phenoxy) is 1. The van der Waals surface area contributed by atoms with Gasteiger partial charge >= 0.3 is 0 Å². The van der Waals surface area contributed by atoms with Crippen LogP contribution < -0.4 is 10.5 Å². The minimum atomic E-state index is -0.519. The number of hydrogen-bond donors (Lipinski definition) is 2. The molecule has 3 heterocycles. The van der Waals surface area contributed by atoms with Crippen molar-refractivity contribution in [2.24, 2.45) is 5.73 Å². The van der Waals surface area contributed by atoms with Crippen LogP contribution in [0.15, 0.2) is 46.2 Å². The first-order valence-electron chi connectivity index (χ1n) is 7.67. The fourth-order valence-electron chi connectivity index (χ4n) is 3.03. The standard InChI is InChI=1S/C18H12Cl2N4O2/c1-8-14-15(10(7-21)17(22)26-18(14)24-23-8)13-6-5-12(25-13)9-3-2-4-11(19)16(9)20/h2-6,15H,22H2,1H3,(H,23,24)/t15-/m1/s1. The van der Waals surface area contributed by atoms with Crippen LogP contribution in [0.4, 0.5) is 0 Å². The molecule has 3 N–H and O–H groups in total. The van der Waals surface area contributed by atoms with Crippen LogP contribution in [0, 0.1) is 18.3 Å². The van der Waals surface area contributed by atoms with E-state index in [9.17, 15) is 5.26 Å². The smallest absolute Gasteiger partial charge is 0.244 e. The Morgan fingerprint density at radius 3 is 2.85 bits per heavy atom. The third kappa shape index (κ3) is 2.45. The number of rotatable bonds is 2. The van der Waals surface area contributed by atoms with Crippen LogP contribution in [0.1, 0.15) is 22.9 Å². The van der Waals surface area contributed by atoms with Crippen molar-refractivity contribution < 1.29 is 9.15 Å². The lowest BCUT2D eigenvalue weighted by atomic mass is 9.88. The SMILES string of the molecule is Cc1[nH]nc2c1[C@@H](c1ccc(-c3cccc(Cl)c3Cl)o1)C(C#N)=C(N)O2. The zero-order valence-electron chi connectivity index (χ0n) is 13.5. The summed E-state index contributed by atoms with van der Waals surface area (Å²) in [6.07, 6.45) is 0. The molecule has 26 heavy (non-hydrogen) atoms. The van der Waals surface area contributed by atoms with Crippen molar-refractivity contribution >= 4 is 23.2 Å². The normalized spacial score (nSPS) is 16.2. The molecule has 2 aromatic heterocycles. The topological polar surface area (TPSA) is 101 Å². The lowest BCUT2D eigenvalue weighted by molar-refractivity contribution is 0.371. The van der Waals surface area contributed by atoms with Gasteiger partial charge in [0.25, 0.3) is 0 Å². The van der Waals surface area contributed by atoms with E-state index in [0.717, 1.165) is 5.69 Å². The summed E-state index contributed by atoms with van der Waals surface area (Å²) in [7, 11) is 0. The molecular weight excluding hydrogens is 375 g/mol. The molecule has 3 aromatic rings. The molecule has 0 spiro atoms. The Morgan fingerprint density at radius 1 is 1.27 bits per heavy atom. The van der Waals surface area contributed by atoms with E-state index in [1.165, 1.54) is 0 Å². The molecule has 0 saturated heterocycles. The third-order valence-corrected chi connectivity index (χ3v) is 5.08. The van der Waals surface area contributed by atoms with E-state index in [1.807, 2.05) is 13.0 Å². The maximum Gasteiger partial charge on any atom is 0.244 e. The molecule has 130 valence electrons. The second-order valence-electron chi connectivity index (χ2n) is 5.80. The first-order chi connectivity index (χ1) is 12.5. The molecule has 6 nitrogen and oxygen atoms in total. The predicted molar refractivity (Wildman–Crippen MR) is 96.8 cm³/mol. The fraction of sp³-hybridized carbons (Fsp3) is 0.111. The molecule has 1 aromatic carbocycles. The largest absolute Gasteiger partial charge is 0.460 e. The van der Waals surface area contributed by atoms with Gasteiger partial charge in [-0.1, -0.05) is 29.3 Å². The molecule has 0 aliphatic carbocycles. The van der Waals surface area contributed by atoms with Crippen LogP contribution in [0.2, 0.25) is 10.0 Å². The lowest BCUT2D eigenvalue weighted by Gasteiger charge is -2.21. The highest BCUT2D eigenvalue weighted by molar-refractivity contribution is 6.43. The highest BCUT2D eigenvalue weighted by Gasteiger charge is 2.36. The van der Waals surface area contributed by atoms with Crippen LogP contribution in [0.25, 0.3) is 11.3 Å². The van der Waals surface area contributed by atoms with Gasteiger partial charge in [0, 0.05) is 11.3 Å². The number of allylic oxidation sites excluding steroid dienone is 1. The van der Waals surface area contributed by atoms with Crippen LogP contribution >= 0.6 is 23.2 Å². The first kappa shape index (κ1) is 16.6. The molecule has 8 heteroatoms. The third-order valence-electron chi connectivity index (χ3n) is 4.26. The van der Waals surface area contributed by atoms with E-state index in [-0.39, 0.29) is 11.5 Å². The van der Waals surface area contributed by atoms with Crippen molar-refractivity contribution in [3.8, 4) is 23.3 Å². The summed E-state index contributed by atoms with van der Waals surface area (Å²) in [6.45, 7) is 1.84. The second-order valence-corrected chi connectivity index (χ2v) is 6.58. The van der Waals surface area contributed by atoms with E-state index in [0.29, 0.717) is 38.6 Å². The number of nitrogens with two attached hydrogens (primary N) is 1. The maximum atomic E-state index is 9.57. The number of hydrogen-bond acceptors (Lipinski definition) is 5. The van der Waals surface area contributed by atoms with Gasteiger partial charge in [-0.25, -0.2) is 0 Å².